The molecule has 0 spiro atoms. The van der Waals surface area contributed by atoms with Crippen molar-refractivity contribution < 1.29 is 4.79 Å². The highest BCUT2D eigenvalue weighted by Gasteiger charge is 2.08. The largest absolute Gasteiger partial charge is 0.294 e. The van der Waals surface area contributed by atoms with Crippen LogP contribution in [0.4, 0.5) is 0 Å². The normalized spacial score (nSPS) is 17.9. The molecule has 0 bridgehead atoms. The van der Waals surface area contributed by atoms with E-state index in [1.54, 1.807) is 0 Å². The van der Waals surface area contributed by atoms with E-state index in [1.165, 1.54) is 25.7 Å². The van der Waals surface area contributed by atoms with Gasteiger partial charge in [-0.05, 0) is 32.1 Å². The summed E-state index contributed by atoms with van der Waals surface area (Å²) in [6, 6.07) is 0. The van der Waals surface area contributed by atoms with E-state index in [9.17, 15) is 4.79 Å². The summed E-state index contributed by atoms with van der Waals surface area (Å²) in [5, 5.41) is 0. The lowest BCUT2D eigenvalue weighted by molar-refractivity contribution is -0.115. The summed E-state index contributed by atoms with van der Waals surface area (Å²) in [7, 11) is 0. The van der Waals surface area contributed by atoms with E-state index in [1.807, 2.05) is 6.08 Å². The van der Waals surface area contributed by atoms with Crippen LogP contribution in [0, 0.1) is 0 Å². The maximum atomic E-state index is 11.6. The van der Waals surface area contributed by atoms with Gasteiger partial charge < -0.3 is 0 Å². The van der Waals surface area contributed by atoms with E-state index in [0.717, 1.165) is 31.3 Å². The first-order chi connectivity index (χ1) is 7.34. The Morgan fingerprint density at radius 2 is 2.20 bits per heavy atom. The molecule has 0 heterocycles. The molecule has 0 fully saturated rings. The summed E-state index contributed by atoms with van der Waals surface area (Å²) < 4.78 is 0. The van der Waals surface area contributed by atoms with Crippen LogP contribution in [0.15, 0.2) is 23.8 Å². The van der Waals surface area contributed by atoms with Crippen LogP contribution in [-0.4, -0.2) is 5.78 Å². The van der Waals surface area contributed by atoms with E-state index in [4.69, 9.17) is 0 Å². The molecule has 0 aromatic carbocycles. The van der Waals surface area contributed by atoms with Crippen molar-refractivity contribution in [1.82, 2.24) is 0 Å². The number of hydrogen-bond acceptors (Lipinski definition) is 1. The van der Waals surface area contributed by atoms with Gasteiger partial charge in [0.25, 0.3) is 0 Å². The monoisotopic (exact) mass is 206 g/mol. The fourth-order valence-electron chi connectivity index (χ4n) is 1.83. The number of hydrogen-bond donors (Lipinski definition) is 0. The van der Waals surface area contributed by atoms with Gasteiger partial charge in [-0.3, -0.25) is 4.79 Å². The lowest BCUT2D eigenvalue weighted by atomic mass is 10.1. The highest BCUT2D eigenvalue weighted by atomic mass is 16.1. The molecule has 0 atom stereocenters. The Hall–Kier alpha value is -0.850. The summed E-state index contributed by atoms with van der Waals surface area (Å²) >= 11 is 0. The molecule has 15 heavy (non-hydrogen) atoms. The van der Waals surface area contributed by atoms with E-state index >= 15 is 0 Å². The average Bonchev–Trinajstić information content (AvgIpc) is 2.44. The van der Waals surface area contributed by atoms with Crippen molar-refractivity contribution in [3.05, 3.63) is 23.8 Å². The summed E-state index contributed by atoms with van der Waals surface area (Å²) in [5.74, 6) is 0.333. The number of carbonyl (C=O) groups is 1. The highest BCUT2D eigenvalue weighted by Crippen LogP contribution is 2.15. The summed E-state index contributed by atoms with van der Waals surface area (Å²) in [6.07, 6.45) is 15.2. The molecule has 1 aliphatic rings. The first-order valence-corrected chi connectivity index (χ1v) is 6.24. The number of Topliss-reactive ketones (excluding diaryl/α,β-unsaturated/α-hetero) is 1. The Balaban J connectivity index is 2.34. The maximum Gasteiger partial charge on any atom is 0.162 e. The third-order valence-corrected chi connectivity index (χ3v) is 2.82. The van der Waals surface area contributed by atoms with E-state index in [0.29, 0.717) is 5.78 Å². The van der Waals surface area contributed by atoms with Crippen molar-refractivity contribution in [2.24, 2.45) is 0 Å². The number of rotatable bonds is 5. The lowest BCUT2D eigenvalue weighted by Gasteiger charge is -1.97. The van der Waals surface area contributed by atoms with Crippen LogP contribution in [0.1, 0.15) is 58.3 Å². The van der Waals surface area contributed by atoms with E-state index in [-0.39, 0.29) is 0 Å². The molecule has 0 aromatic rings. The van der Waals surface area contributed by atoms with Gasteiger partial charge in [-0.1, -0.05) is 38.0 Å². The topological polar surface area (TPSA) is 17.1 Å². The molecular weight excluding hydrogens is 184 g/mol. The molecule has 0 radical (unpaired) electrons. The highest BCUT2D eigenvalue weighted by molar-refractivity contribution is 5.98. The van der Waals surface area contributed by atoms with Crippen molar-refractivity contribution >= 4 is 5.78 Å². The van der Waals surface area contributed by atoms with Crippen LogP contribution in [0.3, 0.4) is 0 Å². The van der Waals surface area contributed by atoms with Crippen LogP contribution in [-0.2, 0) is 4.79 Å². The fraction of sp³-hybridized carbons (Fsp3) is 0.643. The third-order valence-electron chi connectivity index (χ3n) is 2.82. The Morgan fingerprint density at radius 3 is 3.00 bits per heavy atom. The average molecular weight is 206 g/mol. The number of ketones is 1. The molecule has 1 aliphatic carbocycles. The molecule has 0 aromatic heterocycles. The molecule has 1 rings (SSSR count). The summed E-state index contributed by atoms with van der Waals surface area (Å²) in [6.45, 7) is 2.21. The first-order valence-electron chi connectivity index (χ1n) is 6.24. The summed E-state index contributed by atoms with van der Waals surface area (Å²) in [4.78, 5) is 11.6. The van der Waals surface area contributed by atoms with Crippen molar-refractivity contribution in [2.75, 3.05) is 0 Å². The first kappa shape index (κ1) is 12.2. The Labute approximate surface area is 93.3 Å². The van der Waals surface area contributed by atoms with E-state index < -0.39 is 0 Å². The van der Waals surface area contributed by atoms with Gasteiger partial charge in [-0.25, -0.2) is 0 Å². The minimum atomic E-state index is 0.333. The Morgan fingerprint density at radius 1 is 1.33 bits per heavy atom. The van der Waals surface area contributed by atoms with Crippen molar-refractivity contribution in [2.45, 2.75) is 58.3 Å². The standard InChI is InChI=1S/C14H22O/c1-2-3-4-5-7-10-13-11-8-6-9-12-14(13)15/h7,10-11H,2-6,8-9,12H2,1H3/b10-7+. The molecule has 84 valence electrons. The van der Waals surface area contributed by atoms with Crippen LogP contribution in [0.25, 0.3) is 0 Å². The zero-order valence-corrected chi connectivity index (χ0v) is 9.80. The molecule has 0 unspecified atom stereocenters. The lowest BCUT2D eigenvalue weighted by Crippen LogP contribution is -1.97. The molecule has 1 nitrogen and oxygen atoms in total. The SMILES string of the molecule is CCCCC/C=C/C1=CCCCCC1=O. The zero-order valence-electron chi connectivity index (χ0n) is 9.80. The van der Waals surface area contributed by atoms with Crippen LogP contribution < -0.4 is 0 Å². The van der Waals surface area contributed by atoms with Gasteiger partial charge in [0, 0.05) is 12.0 Å². The fourth-order valence-corrected chi connectivity index (χ4v) is 1.83. The van der Waals surface area contributed by atoms with Gasteiger partial charge in [0.15, 0.2) is 5.78 Å². The minimum Gasteiger partial charge on any atom is -0.294 e. The van der Waals surface area contributed by atoms with Gasteiger partial charge in [-0.15, -0.1) is 0 Å². The maximum absolute atomic E-state index is 11.6. The number of unbranched alkanes of at least 4 members (excludes halogenated alkanes) is 3. The quantitative estimate of drug-likeness (QED) is 0.616. The van der Waals surface area contributed by atoms with Gasteiger partial charge in [-0.2, -0.15) is 0 Å². The zero-order chi connectivity index (χ0) is 10.9. The molecule has 0 saturated heterocycles. The van der Waals surface area contributed by atoms with Crippen LogP contribution in [0.2, 0.25) is 0 Å². The predicted molar refractivity (Wildman–Crippen MR) is 64.8 cm³/mol. The van der Waals surface area contributed by atoms with Gasteiger partial charge in [0.05, 0.1) is 0 Å². The van der Waals surface area contributed by atoms with Crippen molar-refractivity contribution in [1.29, 1.82) is 0 Å². The third kappa shape index (κ3) is 4.96. The second kappa shape index (κ2) is 7.44. The second-order valence-corrected chi connectivity index (χ2v) is 4.23. The Bertz CT molecular complexity index is 248. The predicted octanol–water partition coefficient (Wildman–Crippen LogP) is 4.19. The molecule has 1 heteroatoms. The van der Waals surface area contributed by atoms with Gasteiger partial charge in [0.2, 0.25) is 0 Å². The Kier molecular flexibility index (Phi) is 6.06. The van der Waals surface area contributed by atoms with Crippen molar-refractivity contribution in [3.8, 4) is 0 Å². The second-order valence-electron chi connectivity index (χ2n) is 4.23. The molecule has 0 aliphatic heterocycles. The number of carbonyl (C=O) groups excluding carboxylic acids is 1. The molecule has 0 saturated carbocycles. The summed E-state index contributed by atoms with van der Waals surface area (Å²) in [5.41, 5.74) is 0.948. The van der Waals surface area contributed by atoms with Crippen molar-refractivity contribution in [3.63, 3.8) is 0 Å². The smallest absolute Gasteiger partial charge is 0.162 e. The van der Waals surface area contributed by atoms with Crippen LogP contribution in [0.5, 0.6) is 0 Å². The minimum absolute atomic E-state index is 0.333. The van der Waals surface area contributed by atoms with Gasteiger partial charge in [0.1, 0.15) is 0 Å². The van der Waals surface area contributed by atoms with Gasteiger partial charge >= 0.3 is 0 Å². The number of allylic oxidation sites excluding steroid dienone is 4. The van der Waals surface area contributed by atoms with Crippen LogP contribution >= 0.6 is 0 Å². The molecular formula is C14H22O. The molecule has 0 N–H and O–H groups in total. The van der Waals surface area contributed by atoms with E-state index in [2.05, 4.69) is 19.1 Å². The molecule has 0 amide bonds.